The molecule has 0 spiro atoms. The molecule has 2 aromatic heterocycles. The summed E-state index contributed by atoms with van der Waals surface area (Å²) in [5.74, 6) is 1.13. The SMILES string of the molecule is COc1ccc(-c2c(C)nn3c(C4CCN(C(=O)OC(C)(C)C)CC4)ccnc23)cc1. The van der Waals surface area contributed by atoms with Gasteiger partial charge in [0.2, 0.25) is 0 Å². The van der Waals surface area contributed by atoms with Gasteiger partial charge in [-0.05, 0) is 64.3 Å². The van der Waals surface area contributed by atoms with E-state index in [-0.39, 0.29) is 6.09 Å². The molecule has 4 rings (SSSR count). The standard InChI is InChI=1S/C24H30N4O3/c1-16-21(18-6-8-19(30-5)9-7-18)22-25-13-10-20(28(22)26-16)17-11-14-27(15-12-17)23(29)31-24(2,3)4/h6-10,13,17H,11-12,14-15H2,1-5H3. The molecule has 1 aromatic carbocycles. The lowest BCUT2D eigenvalue weighted by Gasteiger charge is -2.33. The minimum Gasteiger partial charge on any atom is -0.497 e. The fraction of sp³-hybridized carbons (Fsp3) is 0.458. The first-order valence-corrected chi connectivity index (χ1v) is 10.7. The minimum absolute atomic E-state index is 0.234. The van der Waals surface area contributed by atoms with Gasteiger partial charge in [-0.15, -0.1) is 0 Å². The minimum atomic E-state index is -0.477. The molecule has 3 heterocycles. The Balaban J connectivity index is 1.58. The summed E-state index contributed by atoms with van der Waals surface area (Å²) < 4.78 is 12.8. The highest BCUT2D eigenvalue weighted by molar-refractivity contribution is 5.80. The van der Waals surface area contributed by atoms with Crippen molar-refractivity contribution in [1.82, 2.24) is 19.5 Å². The fourth-order valence-corrected chi connectivity index (χ4v) is 4.16. The molecule has 0 atom stereocenters. The van der Waals surface area contributed by atoms with Crippen LogP contribution in [0.4, 0.5) is 4.79 Å². The number of hydrogen-bond acceptors (Lipinski definition) is 5. The zero-order valence-corrected chi connectivity index (χ0v) is 18.9. The van der Waals surface area contributed by atoms with E-state index in [1.54, 1.807) is 12.0 Å². The summed E-state index contributed by atoms with van der Waals surface area (Å²) in [4.78, 5) is 18.8. The molecule has 0 bridgehead atoms. The zero-order valence-electron chi connectivity index (χ0n) is 18.9. The number of amides is 1. The van der Waals surface area contributed by atoms with Crippen LogP contribution in [0.1, 0.15) is 50.9 Å². The number of aryl methyl sites for hydroxylation is 1. The predicted octanol–water partition coefficient (Wildman–Crippen LogP) is 4.83. The molecule has 7 heteroatoms. The molecular formula is C24H30N4O3. The lowest BCUT2D eigenvalue weighted by molar-refractivity contribution is 0.0203. The van der Waals surface area contributed by atoms with Crippen molar-refractivity contribution in [3.05, 3.63) is 47.9 Å². The maximum Gasteiger partial charge on any atom is 0.410 e. The van der Waals surface area contributed by atoms with Crippen LogP contribution in [-0.4, -0.2) is 51.4 Å². The first-order valence-electron chi connectivity index (χ1n) is 10.7. The Hall–Kier alpha value is -3.09. The Morgan fingerprint density at radius 2 is 1.77 bits per heavy atom. The Morgan fingerprint density at radius 1 is 1.10 bits per heavy atom. The van der Waals surface area contributed by atoms with Gasteiger partial charge < -0.3 is 14.4 Å². The van der Waals surface area contributed by atoms with Gasteiger partial charge in [0.15, 0.2) is 5.65 Å². The van der Waals surface area contributed by atoms with Gasteiger partial charge in [0.05, 0.1) is 12.8 Å². The summed E-state index contributed by atoms with van der Waals surface area (Å²) in [5, 5.41) is 4.83. The van der Waals surface area contributed by atoms with E-state index in [1.165, 1.54) is 0 Å². The lowest BCUT2D eigenvalue weighted by atomic mass is 9.93. The van der Waals surface area contributed by atoms with Crippen LogP contribution in [0.25, 0.3) is 16.8 Å². The van der Waals surface area contributed by atoms with Gasteiger partial charge in [0, 0.05) is 36.5 Å². The number of fused-ring (bicyclic) bond motifs is 1. The number of nitrogens with zero attached hydrogens (tertiary/aromatic N) is 4. The Morgan fingerprint density at radius 3 is 2.39 bits per heavy atom. The fourth-order valence-electron chi connectivity index (χ4n) is 4.16. The molecule has 1 saturated heterocycles. The topological polar surface area (TPSA) is 69.0 Å². The molecule has 0 radical (unpaired) electrons. The van der Waals surface area contributed by atoms with Crippen molar-refractivity contribution in [1.29, 1.82) is 0 Å². The van der Waals surface area contributed by atoms with Gasteiger partial charge >= 0.3 is 6.09 Å². The van der Waals surface area contributed by atoms with Crippen molar-refractivity contribution < 1.29 is 14.3 Å². The number of piperidine rings is 1. The molecule has 0 aliphatic carbocycles. The van der Waals surface area contributed by atoms with Gasteiger partial charge in [-0.3, -0.25) is 0 Å². The third-order valence-corrected chi connectivity index (χ3v) is 5.67. The van der Waals surface area contributed by atoms with Crippen molar-refractivity contribution in [2.45, 2.75) is 52.1 Å². The summed E-state index contributed by atoms with van der Waals surface area (Å²) in [6, 6.07) is 10.0. The van der Waals surface area contributed by atoms with Crippen molar-refractivity contribution >= 4 is 11.7 Å². The average molecular weight is 423 g/mol. The highest BCUT2D eigenvalue weighted by Gasteiger charge is 2.29. The second kappa shape index (κ2) is 8.21. The average Bonchev–Trinajstić information content (AvgIpc) is 3.08. The molecule has 0 saturated carbocycles. The number of hydrogen-bond donors (Lipinski definition) is 0. The molecule has 3 aromatic rings. The van der Waals surface area contributed by atoms with Crippen LogP contribution in [-0.2, 0) is 4.74 Å². The van der Waals surface area contributed by atoms with Crippen LogP contribution in [0.3, 0.4) is 0 Å². The molecule has 0 N–H and O–H groups in total. The lowest BCUT2D eigenvalue weighted by Crippen LogP contribution is -2.41. The van der Waals surface area contributed by atoms with E-state index < -0.39 is 5.60 Å². The molecule has 1 aliphatic heterocycles. The second-order valence-electron chi connectivity index (χ2n) is 9.04. The van der Waals surface area contributed by atoms with Crippen molar-refractivity contribution in [3.8, 4) is 16.9 Å². The number of benzene rings is 1. The number of carbonyl (C=O) groups excluding carboxylic acids is 1. The summed E-state index contributed by atoms with van der Waals surface area (Å²) in [6.45, 7) is 9.05. The van der Waals surface area contributed by atoms with Crippen LogP contribution in [0.2, 0.25) is 0 Å². The third-order valence-electron chi connectivity index (χ3n) is 5.67. The van der Waals surface area contributed by atoms with E-state index in [0.717, 1.165) is 46.8 Å². The highest BCUT2D eigenvalue weighted by atomic mass is 16.6. The van der Waals surface area contributed by atoms with Crippen molar-refractivity contribution in [2.24, 2.45) is 0 Å². The number of likely N-dealkylation sites (tertiary alicyclic amines) is 1. The van der Waals surface area contributed by atoms with E-state index in [0.29, 0.717) is 19.0 Å². The molecule has 1 fully saturated rings. The maximum atomic E-state index is 12.4. The Kier molecular flexibility index (Phi) is 5.60. The number of carbonyl (C=O) groups is 1. The maximum absolute atomic E-state index is 12.4. The largest absolute Gasteiger partial charge is 0.497 e. The molecule has 1 aliphatic rings. The zero-order chi connectivity index (χ0) is 22.2. The van der Waals surface area contributed by atoms with Crippen molar-refractivity contribution in [3.63, 3.8) is 0 Å². The number of rotatable bonds is 3. The Bertz CT molecular complexity index is 1070. The van der Waals surface area contributed by atoms with Crippen LogP contribution < -0.4 is 4.74 Å². The van der Waals surface area contributed by atoms with Gasteiger partial charge in [-0.1, -0.05) is 12.1 Å². The van der Waals surface area contributed by atoms with Gasteiger partial charge in [0.25, 0.3) is 0 Å². The monoisotopic (exact) mass is 422 g/mol. The molecule has 1 amide bonds. The van der Waals surface area contributed by atoms with Gasteiger partial charge in [-0.2, -0.15) is 5.10 Å². The first-order chi connectivity index (χ1) is 14.8. The molecule has 31 heavy (non-hydrogen) atoms. The first kappa shape index (κ1) is 21.2. The van der Waals surface area contributed by atoms with E-state index in [9.17, 15) is 4.79 Å². The van der Waals surface area contributed by atoms with E-state index >= 15 is 0 Å². The van der Waals surface area contributed by atoms with Crippen molar-refractivity contribution in [2.75, 3.05) is 20.2 Å². The summed E-state index contributed by atoms with van der Waals surface area (Å²) in [5.41, 5.74) is 4.56. The smallest absolute Gasteiger partial charge is 0.410 e. The van der Waals surface area contributed by atoms with Gasteiger partial charge in [0.1, 0.15) is 11.4 Å². The van der Waals surface area contributed by atoms with Crippen LogP contribution in [0, 0.1) is 6.92 Å². The molecule has 164 valence electrons. The van der Waals surface area contributed by atoms with E-state index in [2.05, 4.69) is 4.98 Å². The van der Waals surface area contributed by atoms with E-state index in [1.807, 2.05) is 68.7 Å². The number of ether oxygens (including phenoxy) is 2. The predicted molar refractivity (Wildman–Crippen MR) is 119 cm³/mol. The number of methoxy groups -OCH3 is 1. The molecular weight excluding hydrogens is 392 g/mol. The molecule has 0 unspecified atom stereocenters. The van der Waals surface area contributed by atoms with Gasteiger partial charge in [-0.25, -0.2) is 14.3 Å². The third kappa shape index (κ3) is 4.36. The normalized spacial score (nSPS) is 15.3. The molecule has 7 nitrogen and oxygen atoms in total. The van der Waals surface area contributed by atoms with Crippen LogP contribution >= 0.6 is 0 Å². The number of aromatic nitrogens is 3. The summed E-state index contributed by atoms with van der Waals surface area (Å²) in [7, 11) is 1.66. The second-order valence-corrected chi connectivity index (χ2v) is 9.04. The quantitative estimate of drug-likeness (QED) is 0.605. The highest BCUT2D eigenvalue weighted by Crippen LogP contribution is 2.33. The van der Waals surface area contributed by atoms with Crippen LogP contribution in [0.5, 0.6) is 5.75 Å². The summed E-state index contributed by atoms with van der Waals surface area (Å²) in [6.07, 6.45) is 3.37. The summed E-state index contributed by atoms with van der Waals surface area (Å²) >= 11 is 0. The van der Waals surface area contributed by atoms with Crippen LogP contribution in [0.15, 0.2) is 36.5 Å². The van der Waals surface area contributed by atoms with E-state index in [4.69, 9.17) is 14.6 Å². The Labute approximate surface area is 183 Å².